The average Bonchev–Trinajstić information content (AvgIpc) is 3.14. The minimum absolute atomic E-state index is 0.642. The van der Waals surface area contributed by atoms with Crippen molar-refractivity contribution < 1.29 is 0 Å². The fourth-order valence-corrected chi connectivity index (χ4v) is 3.12. The summed E-state index contributed by atoms with van der Waals surface area (Å²) in [7, 11) is 0. The summed E-state index contributed by atoms with van der Waals surface area (Å²) in [5, 5.41) is 8.02. The Balaban J connectivity index is 1.33. The first kappa shape index (κ1) is 15.3. The third-order valence-electron chi connectivity index (χ3n) is 4.28. The van der Waals surface area contributed by atoms with E-state index in [1.807, 2.05) is 10.9 Å². The van der Waals surface area contributed by atoms with Gasteiger partial charge in [-0.25, -0.2) is 0 Å². The standard InChI is InChI=1S/C18H26N4/c1-16-12-20-22(13-16)10-5-9-19-18-8-11-21(15-18)14-17-6-3-2-4-7-17/h2-4,6-7,12-13,18-19H,5,8-11,14-15H2,1H3/t18-/m1/s1. The number of nitrogens with zero attached hydrogens (tertiary/aromatic N) is 3. The molecule has 1 aromatic heterocycles. The lowest BCUT2D eigenvalue weighted by Gasteiger charge is -2.16. The van der Waals surface area contributed by atoms with Gasteiger partial charge in [0.2, 0.25) is 0 Å². The number of rotatable bonds is 7. The van der Waals surface area contributed by atoms with Gasteiger partial charge < -0.3 is 5.32 Å². The van der Waals surface area contributed by atoms with Crippen LogP contribution in [0.25, 0.3) is 0 Å². The maximum atomic E-state index is 4.32. The van der Waals surface area contributed by atoms with E-state index >= 15 is 0 Å². The molecular formula is C18H26N4. The molecule has 3 rings (SSSR count). The average molecular weight is 298 g/mol. The second-order valence-corrected chi connectivity index (χ2v) is 6.29. The molecule has 0 saturated carbocycles. The Hall–Kier alpha value is -1.65. The van der Waals surface area contributed by atoms with Crippen LogP contribution in [-0.2, 0) is 13.1 Å². The third kappa shape index (κ3) is 4.42. The summed E-state index contributed by atoms with van der Waals surface area (Å²) in [5.74, 6) is 0. The smallest absolute Gasteiger partial charge is 0.0518 e. The Labute approximate surface area is 133 Å². The Morgan fingerprint density at radius 2 is 2.14 bits per heavy atom. The van der Waals surface area contributed by atoms with E-state index in [1.54, 1.807) is 0 Å². The summed E-state index contributed by atoms with van der Waals surface area (Å²) in [4.78, 5) is 2.55. The Morgan fingerprint density at radius 1 is 1.27 bits per heavy atom. The molecule has 2 heterocycles. The molecule has 1 N–H and O–H groups in total. The van der Waals surface area contributed by atoms with Gasteiger partial charge in [0.25, 0.3) is 0 Å². The molecule has 118 valence electrons. The highest BCUT2D eigenvalue weighted by Gasteiger charge is 2.21. The molecule has 0 unspecified atom stereocenters. The van der Waals surface area contributed by atoms with Crippen molar-refractivity contribution in [3.05, 3.63) is 53.9 Å². The number of hydrogen-bond donors (Lipinski definition) is 1. The van der Waals surface area contributed by atoms with Gasteiger partial charge in [-0.1, -0.05) is 30.3 Å². The van der Waals surface area contributed by atoms with Crippen LogP contribution in [0.1, 0.15) is 24.0 Å². The summed E-state index contributed by atoms with van der Waals surface area (Å²) >= 11 is 0. The van der Waals surface area contributed by atoms with Gasteiger partial charge in [0.15, 0.2) is 0 Å². The SMILES string of the molecule is Cc1cnn(CCCN[C@@H]2CCN(Cc3ccccc3)C2)c1. The number of benzene rings is 1. The van der Waals surface area contributed by atoms with Gasteiger partial charge in [0, 0.05) is 38.4 Å². The first-order chi connectivity index (χ1) is 10.8. The summed E-state index contributed by atoms with van der Waals surface area (Å²) < 4.78 is 2.04. The van der Waals surface area contributed by atoms with E-state index in [0.29, 0.717) is 6.04 Å². The lowest BCUT2D eigenvalue weighted by Crippen LogP contribution is -2.33. The molecule has 0 aliphatic carbocycles. The molecule has 1 aliphatic heterocycles. The van der Waals surface area contributed by atoms with Crippen molar-refractivity contribution in [1.29, 1.82) is 0 Å². The van der Waals surface area contributed by atoms with Gasteiger partial charge in [-0.15, -0.1) is 0 Å². The van der Waals surface area contributed by atoms with Crippen molar-refractivity contribution in [2.24, 2.45) is 0 Å². The van der Waals surface area contributed by atoms with Gasteiger partial charge in [0.1, 0.15) is 0 Å². The van der Waals surface area contributed by atoms with Crippen molar-refractivity contribution in [3.63, 3.8) is 0 Å². The van der Waals surface area contributed by atoms with Gasteiger partial charge in [-0.2, -0.15) is 5.10 Å². The molecule has 0 amide bonds. The van der Waals surface area contributed by atoms with Crippen LogP contribution in [0, 0.1) is 6.92 Å². The van der Waals surface area contributed by atoms with E-state index in [0.717, 1.165) is 32.6 Å². The minimum atomic E-state index is 0.642. The maximum absolute atomic E-state index is 4.32. The second-order valence-electron chi connectivity index (χ2n) is 6.29. The van der Waals surface area contributed by atoms with Crippen molar-refractivity contribution in [3.8, 4) is 0 Å². The number of aryl methyl sites for hydroxylation is 2. The highest BCUT2D eigenvalue weighted by molar-refractivity contribution is 5.14. The zero-order valence-corrected chi connectivity index (χ0v) is 13.4. The monoisotopic (exact) mass is 298 g/mol. The van der Waals surface area contributed by atoms with Crippen LogP contribution in [0.5, 0.6) is 0 Å². The predicted molar refractivity (Wildman–Crippen MR) is 89.7 cm³/mol. The molecule has 0 bridgehead atoms. The zero-order chi connectivity index (χ0) is 15.2. The molecule has 22 heavy (non-hydrogen) atoms. The normalized spacial score (nSPS) is 18.9. The van der Waals surface area contributed by atoms with Crippen LogP contribution in [0.2, 0.25) is 0 Å². The maximum Gasteiger partial charge on any atom is 0.0518 e. The van der Waals surface area contributed by atoms with Crippen LogP contribution in [0.4, 0.5) is 0 Å². The van der Waals surface area contributed by atoms with Crippen molar-refractivity contribution in [2.75, 3.05) is 19.6 Å². The second kappa shape index (κ2) is 7.56. The lowest BCUT2D eigenvalue weighted by molar-refractivity contribution is 0.319. The quantitative estimate of drug-likeness (QED) is 0.797. The highest BCUT2D eigenvalue weighted by Crippen LogP contribution is 2.13. The van der Waals surface area contributed by atoms with E-state index in [9.17, 15) is 0 Å². The Bertz CT molecular complexity index is 563. The van der Waals surface area contributed by atoms with Crippen LogP contribution < -0.4 is 5.32 Å². The molecule has 1 atom stereocenters. The molecule has 1 aliphatic rings. The minimum Gasteiger partial charge on any atom is -0.313 e. The zero-order valence-electron chi connectivity index (χ0n) is 13.4. The Morgan fingerprint density at radius 3 is 2.91 bits per heavy atom. The van der Waals surface area contributed by atoms with Crippen LogP contribution >= 0.6 is 0 Å². The summed E-state index contributed by atoms with van der Waals surface area (Å²) in [5.41, 5.74) is 2.65. The predicted octanol–water partition coefficient (Wildman–Crippen LogP) is 2.45. The van der Waals surface area contributed by atoms with Crippen LogP contribution in [-0.4, -0.2) is 40.4 Å². The van der Waals surface area contributed by atoms with E-state index < -0.39 is 0 Å². The van der Waals surface area contributed by atoms with Crippen molar-refractivity contribution in [2.45, 2.75) is 38.9 Å². The third-order valence-corrected chi connectivity index (χ3v) is 4.28. The van der Waals surface area contributed by atoms with Gasteiger partial charge in [-0.3, -0.25) is 9.58 Å². The molecule has 0 radical (unpaired) electrons. The molecule has 0 spiro atoms. The number of nitrogens with one attached hydrogen (secondary N) is 1. The topological polar surface area (TPSA) is 33.1 Å². The molecule has 2 aromatic rings. The van der Waals surface area contributed by atoms with E-state index in [4.69, 9.17) is 0 Å². The van der Waals surface area contributed by atoms with E-state index in [-0.39, 0.29) is 0 Å². The summed E-state index contributed by atoms with van der Waals surface area (Å²) in [6.07, 6.45) is 6.42. The van der Waals surface area contributed by atoms with Crippen molar-refractivity contribution in [1.82, 2.24) is 20.0 Å². The number of hydrogen-bond acceptors (Lipinski definition) is 3. The molecule has 4 nitrogen and oxygen atoms in total. The first-order valence-corrected chi connectivity index (χ1v) is 8.28. The van der Waals surface area contributed by atoms with E-state index in [2.05, 4.69) is 58.8 Å². The van der Waals surface area contributed by atoms with Gasteiger partial charge >= 0.3 is 0 Å². The Kier molecular flexibility index (Phi) is 5.24. The lowest BCUT2D eigenvalue weighted by atomic mass is 10.2. The fourth-order valence-electron chi connectivity index (χ4n) is 3.12. The number of likely N-dealkylation sites (tertiary alicyclic amines) is 1. The van der Waals surface area contributed by atoms with E-state index in [1.165, 1.54) is 24.1 Å². The van der Waals surface area contributed by atoms with Crippen LogP contribution in [0.15, 0.2) is 42.7 Å². The molecule has 4 heteroatoms. The van der Waals surface area contributed by atoms with Crippen LogP contribution in [0.3, 0.4) is 0 Å². The largest absolute Gasteiger partial charge is 0.313 e. The molecular weight excluding hydrogens is 272 g/mol. The summed E-state index contributed by atoms with van der Waals surface area (Å²) in [6.45, 7) is 7.60. The molecule has 1 saturated heterocycles. The van der Waals surface area contributed by atoms with Gasteiger partial charge in [0.05, 0.1) is 6.20 Å². The molecule has 1 fully saturated rings. The molecule has 1 aromatic carbocycles. The summed E-state index contributed by atoms with van der Waals surface area (Å²) in [6, 6.07) is 11.4. The van der Waals surface area contributed by atoms with Gasteiger partial charge in [-0.05, 0) is 37.4 Å². The first-order valence-electron chi connectivity index (χ1n) is 8.28. The number of aromatic nitrogens is 2. The van der Waals surface area contributed by atoms with Crippen molar-refractivity contribution >= 4 is 0 Å². The highest BCUT2D eigenvalue weighted by atomic mass is 15.3. The fraction of sp³-hybridized carbons (Fsp3) is 0.500.